The lowest BCUT2D eigenvalue weighted by Gasteiger charge is -2.47. The molecule has 1 aromatic heterocycles. The zero-order valence-electron chi connectivity index (χ0n) is 34.3. The predicted molar refractivity (Wildman–Crippen MR) is 203 cm³/mol. The topological polar surface area (TPSA) is 188 Å². The van der Waals surface area contributed by atoms with Crippen LogP contribution < -0.4 is 0 Å². The van der Waals surface area contributed by atoms with Crippen LogP contribution in [0.1, 0.15) is 87.3 Å². The molecule has 0 spiro atoms. The lowest BCUT2D eigenvalue weighted by Crippen LogP contribution is -2.60. The highest BCUT2D eigenvalue weighted by molar-refractivity contribution is 6.00. The largest absolute Gasteiger partial charge is 0.459 e. The summed E-state index contributed by atoms with van der Waals surface area (Å²) in [5.41, 5.74) is -1.86. The van der Waals surface area contributed by atoms with Crippen molar-refractivity contribution in [2.24, 2.45) is 33.8 Å². The van der Waals surface area contributed by atoms with Gasteiger partial charge in [-0.15, -0.1) is 0 Å². The number of carbonyl (C=O) groups excluding carboxylic acids is 3. The molecule has 0 radical (unpaired) electrons. The van der Waals surface area contributed by atoms with E-state index in [4.69, 9.17) is 28.5 Å². The smallest absolute Gasteiger partial charge is 0.316 e. The van der Waals surface area contributed by atoms with E-state index >= 15 is 0 Å². The van der Waals surface area contributed by atoms with Gasteiger partial charge >= 0.3 is 5.97 Å². The Balaban J connectivity index is 1.94. The molecule has 0 aliphatic carbocycles. The van der Waals surface area contributed by atoms with E-state index in [2.05, 4.69) is 15.1 Å². The first-order valence-electron chi connectivity index (χ1n) is 19.3. The maximum atomic E-state index is 14.4. The molecular formula is C40H62N4O11. The fourth-order valence-corrected chi connectivity index (χ4v) is 8.28. The highest BCUT2D eigenvalue weighted by Crippen LogP contribution is 2.40. The van der Waals surface area contributed by atoms with Crippen LogP contribution in [0.4, 0.5) is 0 Å². The van der Waals surface area contributed by atoms with Gasteiger partial charge in [-0.1, -0.05) is 38.9 Å². The molecule has 3 fully saturated rings. The number of nitrogens with zero attached hydrogens (tertiary/aromatic N) is 4. The van der Waals surface area contributed by atoms with Crippen molar-refractivity contribution < 1.29 is 53.1 Å². The van der Waals surface area contributed by atoms with Crippen molar-refractivity contribution in [1.29, 1.82) is 0 Å². The first-order chi connectivity index (χ1) is 25.8. The number of likely N-dealkylation sites (N-methyl/N-ethyl adjacent to an activating group) is 1. The van der Waals surface area contributed by atoms with Gasteiger partial charge in [0.2, 0.25) is 5.91 Å². The molecule has 55 heavy (non-hydrogen) atoms. The van der Waals surface area contributed by atoms with Crippen LogP contribution in [0.15, 0.2) is 34.5 Å². The monoisotopic (exact) mass is 774 g/mol. The molecule has 3 saturated heterocycles. The van der Waals surface area contributed by atoms with Crippen molar-refractivity contribution in [2.45, 2.75) is 142 Å². The van der Waals surface area contributed by atoms with Gasteiger partial charge in [0, 0.05) is 36.7 Å². The number of esters is 1. The number of fused-ring (bicyclic) bond motifs is 5. The normalized spacial score (nSPS) is 39.9. The van der Waals surface area contributed by atoms with Crippen LogP contribution in [0.25, 0.3) is 0 Å². The minimum Gasteiger partial charge on any atom is -0.459 e. The number of amides is 1. The molecule has 13 atom stereocenters. The van der Waals surface area contributed by atoms with Crippen molar-refractivity contribution >= 4 is 29.1 Å². The van der Waals surface area contributed by atoms with Crippen LogP contribution in [-0.2, 0) is 49.5 Å². The van der Waals surface area contributed by atoms with Gasteiger partial charge < -0.3 is 43.6 Å². The number of rotatable bonds is 7. The Morgan fingerprint density at radius 1 is 1.09 bits per heavy atom. The molecule has 2 unspecified atom stereocenters. The second-order valence-corrected chi connectivity index (χ2v) is 16.1. The Bertz CT molecular complexity index is 1540. The van der Waals surface area contributed by atoms with Gasteiger partial charge in [-0.3, -0.25) is 19.4 Å². The van der Waals surface area contributed by atoms with Crippen molar-refractivity contribution in [3.63, 3.8) is 0 Å². The summed E-state index contributed by atoms with van der Waals surface area (Å²) in [5, 5.41) is 28.3. The quantitative estimate of drug-likeness (QED) is 0.233. The standard InChI is InChI=1S/C40H62N4O11/c1-12-31-40(9,49)36-24(4)32(42-27(7)45)22(2)18-39(8,51-20-29(19-50-36)43-52-21-28-15-13-14-16-41-28)35(25(5)33(46)26(6)37(48)54-31)55-38-34(47)30(44(10)11)17-23(3)53-38/h13-16,22-26,30-31,34-36,38,47,49H,12,17-21H2,1-11H3/b42-32?,43-29-/t22-,23-,24+,25+,26?,30+,31-,34-,35-,36-,38+,39?,40-/m1/s1. The van der Waals surface area contributed by atoms with Crippen LogP contribution in [-0.4, -0.2) is 131 Å². The number of cyclic esters (lactones) is 1. The summed E-state index contributed by atoms with van der Waals surface area (Å²) >= 11 is 0. The van der Waals surface area contributed by atoms with Gasteiger partial charge in [-0.25, -0.2) is 4.99 Å². The van der Waals surface area contributed by atoms with E-state index in [0.717, 1.165) is 0 Å². The summed E-state index contributed by atoms with van der Waals surface area (Å²) in [6.45, 7) is 14.8. The van der Waals surface area contributed by atoms with Crippen LogP contribution in [0.5, 0.6) is 0 Å². The van der Waals surface area contributed by atoms with Gasteiger partial charge in [0.15, 0.2) is 18.7 Å². The third-order valence-electron chi connectivity index (χ3n) is 11.3. The van der Waals surface area contributed by atoms with Gasteiger partial charge in [0.25, 0.3) is 0 Å². The second kappa shape index (κ2) is 18.8. The summed E-state index contributed by atoms with van der Waals surface area (Å²) in [6.07, 6.45) is -3.37. The molecule has 15 heteroatoms. The van der Waals surface area contributed by atoms with Gasteiger partial charge in [0.1, 0.15) is 29.4 Å². The minimum atomic E-state index is -1.84. The zero-order chi connectivity index (χ0) is 40.8. The molecule has 0 aromatic carbocycles. The van der Waals surface area contributed by atoms with E-state index in [9.17, 15) is 24.6 Å². The first-order valence-corrected chi connectivity index (χ1v) is 19.3. The van der Waals surface area contributed by atoms with E-state index in [1.807, 2.05) is 38.9 Å². The fraction of sp³-hybridized carbons (Fsp3) is 0.750. The number of aliphatic imine (C=N–C) groups is 1. The molecule has 15 nitrogen and oxygen atoms in total. The number of aromatic nitrogens is 1. The first kappa shape index (κ1) is 44.5. The highest BCUT2D eigenvalue weighted by Gasteiger charge is 2.53. The van der Waals surface area contributed by atoms with Crippen molar-refractivity contribution in [1.82, 2.24) is 9.88 Å². The van der Waals surface area contributed by atoms with Gasteiger partial charge in [0.05, 0.1) is 42.8 Å². The SMILES string of the molecule is CC[C@H]1OC(=O)C(C)C(=O)[C@H](C)[C@@H](O[C@@H]2O[C@H](C)C[C@H](N(C)C)[C@H]2O)C2(C)C[C@@H](C)C(=NC(C)=O)[C@H](C)[C@@H](OC/C(=N/OCc3ccccn3)CO2)[C@]1(C)O. The number of hydrogen-bond donors (Lipinski definition) is 2. The average molecular weight is 775 g/mol. The molecule has 0 saturated carbocycles. The summed E-state index contributed by atoms with van der Waals surface area (Å²) < 4.78 is 32.3. The Morgan fingerprint density at radius 3 is 2.42 bits per heavy atom. The Labute approximate surface area is 325 Å². The maximum Gasteiger partial charge on any atom is 0.316 e. The highest BCUT2D eigenvalue weighted by atomic mass is 16.7. The predicted octanol–water partition coefficient (Wildman–Crippen LogP) is 3.52. The van der Waals surface area contributed by atoms with E-state index in [1.165, 1.54) is 20.8 Å². The van der Waals surface area contributed by atoms with E-state index in [1.54, 1.807) is 46.0 Å². The van der Waals surface area contributed by atoms with E-state index in [-0.39, 0.29) is 44.8 Å². The molecule has 2 N–H and O–H groups in total. The van der Waals surface area contributed by atoms with Crippen LogP contribution >= 0.6 is 0 Å². The number of carbonyl (C=O) groups is 3. The number of Topliss-reactive ketones (excluding diaryl/α,β-unsaturated/α-hetero) is 1. The lowest BCUT2D eigenvalue weighted by atomic mass is 9.73. The van der Waals surface area contributed by atoms with E-state index < -0.39 is 83.2 Å². The molecule has 3 aliphatic rings. The van der Waals surface area contributed by atoms with Crippen LogP contribution in [0.3, 0.4) is 0 Å². The Kier molecular flexibility index (Phi) is 15.3. The minimum absolute atomic E-state index is 0.0523. The van der Waals surface area contributed by atoms with Crippen molar-refractivity contribution in [3.05, 3.63) is 30.1 Å². The van der Waals surface area contributed by atoms with E-state index in [0.29, 0.717) is 23.5 Å². The van der Waals surface area contributed by atoms with Crippen LogP contribution in [0, 0.1) is 23.7 Å². The number of ketones is 1. The number of pyridine rings is 1. The maximum absolute atomic E-state index is 14.4. The number of ether oxygens (including phenoxy) is 5. The Morgan fingerprint density at radius 2 is 1.80 bits per heavy atom. The zero-order valence-corrected chi connectivity index (χ0v) is 34.3. The molecule has 1 amide bonds. The summed E-state index contributed by atoms with van der Waals surface area (Å²) in [6, 6.07) is 5.11. The number of hydrogen-bond acceptors (Lipinski definition) is 14. The van der Waals surface area contributed by atoms with Crippen molar-refractivity contribution in [3.8, 4) is 0 Å². The summed E-state index contributed by atoms with van der Waals surface area (Å²) in [5.74, 6) is -5.26. The molecule has 4 rings (SSSR count). The summed E-state index contributed by atoms with van der Waals surface area (Å²) in [4.78, 5) is 57.4. The average Bonchev–Trinajstić information content (AvgIpc) is 3.14. The van der Waals surface area contributed by atoms with Crippen molar-refractivity contribution in [2.75, 3.05) is 27.3 Å². The fourth-order valence-electron chi connectivity index (χ4n) is 8.28. The molecule has 2 bridgehead atoms. The third-order valence-corrected chi connectivity index (χ3v) is 11.3. The third kappa shape index (κ3) is 10.6. The summed E-state index contributed by atoms with van der Waals surface area (Å²) in [7, 11) is 3.73. The van der Waals surface area contributed by atoms with Crippen LogP contribution in [0.2, 0.25) is 0 Å². The number of aliphatic hydroxyl groups excluding tert-OH is 1. The van der Waals surface area contributed by atoms with Gasteiger partial charge in [-0.05, 0) is 79.1 Å². The lowest BCUT2D eigenvalue weighted by molar-refractivity contribution is -0.296. The molecule has 3 aliphatic heterocycles. The number of aliphatic hydroxyl groups is 2. The number of oxime groups is 1. The Hall–Kier alpha value is -3.18. The molecule has 1 aromatic rings. The second-order valence-electron chi connectivity index (χ2n) is 16.1. The molecule has 4 heterocycles. The molecule has 308 valence electrons. The van der Waals surface area contributed by atoms with Gasteiger partial charge in [-0.2, -0.15) is 0 Å². The molecular weight excluding hydrogens is 712 g/mol.